The zero-order valence-electron chi connectivity index (χ0n) is 10.9. The molecule has 4 heteroatoms. The molecule has 1 unspecified atom stereocenters. The van der Waals surface area contributed by atoms with Gasteiger partial charge in [0.05, 0.1) is 6.04 Å². The Balaban J connectivity index is 2.25. The summed E-state index contributed by atoms with van der Waals surface area (Å²) in [5, 5.41) is 4.10. The van der Waals surface area contributed by atoms with Crippen molar-refractivity contribution in [1.82, 2.24) is 9.55 Å². The van der Waals surface area contributed by atoms with E-state index in [0.717, 1.165) is 11.0 Å². The van der Waals surface area contributed by atoms with Crippen molar-refractivity contribution in [3.63, 3.8) is 0 Å². The van der Waals surface area contributed by atoms with E-state index in [9.17, 15) is 0 Å². The molecule has 1 N–H and O–H groups in total. The Bertz CT molecular complexity index is 502. The predicted molar refractivity (Wildman–Crippen MR) is 76.3 cm³/mol. The van der Waals surface area contributed by atoms with Gasteiger partial charge in [0.1, 0.15) is 0 Å². The van der Waals surface area contributed by atoms with Crippen molar-refractivity contribution >= 4 is 17.5 Å². The summed E-state index contributed by atoms with van der Waals surface area (Å²) in [5.74, 6) is 0.896. The maximum absolute atomic E-state index is 5.91. The topological polar surface area (TPSA) is 29.9 Å². The van der Waals surface area contributed by atoms with Crippen LogP contribution in [0.1, 0.15) is 32.4 Å². The van der Waals surface area contributed by atoms with E-state index < -0.39 is 0 Å². The molecule has 0 saturated heterocycles. The minimum Gasteiger partial charge on any atom is -0.353 e. The van der Waals surface area contributed by atoms with Crippen molar-refractivity contribution in [3.8, 4) is 0 Å². The van der Waals surface area contributed by atoms with Gasteiger partial charge in [0.25, 0.3) is 0 Å². The molecular formula is C14H18ClN3. The summed E-state index contributed by atoms with van der Waals surface area (Å²) in [6.45, 7) is 6.36. The first-order valence-electron chi connectivity index (χ1n) is 6.12. The van der Waals surface area contributed by atoms with Gasteiger partial charge in [0.2, 0.25) is 5.95 Å². The normalized spacial score (nSPS) is 12.7. The molecule has 0 amide bonds. The van der Waals surface area contributed by atoms with Crippen molar-refractivity contribution in [1.29, 1.82) is 0 Å². The second-order valence-corrected chi connectivity index (χ2v) is 5.12. The number of anilines is 1. The van der Waals surface area contributed by atoms with Crippen molar-refractivity contribution in [2.24, 2.45) is 0 Å². The number of nitrogens with zero attached hydrogens (tertiary/aromatic N) is 2. The standard InChI is InChI=1S/C14H18ClN3/c1-10(2)17-14-16-8-9-18(14)11(3)12-4-6-13(15)7-5-12/h4-11H,1-3H3,(H,16,17). The summed E-state index contributed by atoms with van der Waals surface area (Å²) in [6, 6.07) is 8.52. The van der Waals surface area contributed by atoms with Crippen LogP contribution in [0.2, 0.25) is 5.02 Å². The monoisotopic (exact) mass is 263 g/mol. The Kier molecular flexibility index (Phi) is 3.92. The molecular weight excluding hydrogens is 246 g/mol. The van der Waals surface area contributed by atoms with Crippen LogP contribution >= 0.6 is 11.6 Å². The summed E-state index contributed by atoms with van der Waals surface area (Å²) in [4.78, 5) is 4.35. The molecule has 1 aromatic carbocycles. The van der Waals surface area contributed by atoms with Gasteiger partial charge in [0, 0.05) is 23.5 Å². The highest BCUT2D eigenvalue weighted by atomic mass is 35.5. The van der Waals surface area contributed by atoms with E-state index in [1.165, 1.54) is 5.56 Å². The minimum absolute atomic E-state index is 0.228. The SMILES string of the molecule is CC(C)Nc1nccn1C(C)c1ccc(Cl)cc1. The molecule has 0 spiro atoms. The first-order valence-corrected chi connectivity index (χ1v) is 6.50. The van der Waals surface area contributed by atoms with Crippen LogP contribution in [0, 0.1) is 0 Å². The number of aromatic nitrogens is 2. The number of halogens is 1. The van der Waals surface area contributed by atoms with Crippen LogP contribution in [-0.4, -0.2) is 15.6 Å². The Labute approximate surface area is 113 Å². The van der Waals surface area contributed by atoms with Gasteiger partial charge in [-0.15, -0.1) is 0 Å². The third-order valence-corrected chi connectivity index (χ3v) is 3.11. The predicted octanol–water partition coefficient (Wildman–Crippen LogP) is 3.97. The van der Waals surface area contributed by atoms with Crippen LogP contribution in [0.15, 0.2) is 36.7 Å². The van der Waals surface area contributed by atoms with Crippen molar-refractivity contribution in [3.05, 3.63) is 47.2 Å². The third kappa shape index (κ3) is 2.85. The number of benzene rings is 1. The van der Waals surface area contributed by atoms with Gasteiger partial charge in [-0.25, -0.2) is 4.98 Å². The number of imidazole rings is 1. The Morgan fingerprint density at radius 2 is 1.83 bits per heavy atom. The number of hydrogen-bond acceptors (Lipinski definition) is 2. The van der Waals surface area contributed by atoms with Crippen molar-refractivity contribution in [2.45, 2.75) is 32.9 Å². The lowest BCUT2D eigenvalue weighted by atomic mass is 10.1. The summed E-state index contributed by atoms with van der Waals surface area (Å²) in [6.07, 6.45) is 3.81. The molecule has 18 heavy (non-hydrogen) atoms. The number of hydrogen-bond donors (Lipinski definition) is 1. The van der Waals surface area contributed by atoms with Crippen LogP contribution in [0.5, 0.6) is 0 Å². The van der Waals surface area contributed by atoms with Crippen LogP contribution < -0.4 is 5.32 Å². The van der Waals surface area contributed by atoms with Crippen LogP contribution in [0.4, 0.5) is 5.95 Å². The van der Waals surface area contributed by atoms with Gasteiger partial charge in [-0.05, 0) is 38.5 Å². The Morgan fingerprint density at radius 1 is 1.17 bits per heavy atom. The lowest BCUT2D eigenvalue weighted by Crippen LogP contribution is -2.16. The van der Waals surface area contributed by atoms with Gasteiger partial charge < -0.3 is 9.88 Å². The summed E-state index contributed by atoms with van der Waals surface area (Å²) in [5.41, 5.74) is 1.21. The number of rotatable bonds is 4. The quantitative estimate of drug-likeness (QED) is 0.905. The van der Waals surface area contributed by atoms with E-state index >= 15 is 0 Å². The lowest BCUT2D eigenvalue weighted by molar-refractivity contribution is 0.638. The van der Waals surface area contributed by atoms with Gasteiger partial charge in [0.15, 0.2) is 0 Å². The molecule has 0 radical (unpaired) electrons. The molecule has 1 aromatic heterocycles. The highest BCUT2D eigenvalue weighted by molar-refractivity contribution is 6.30. The largest absolute Gasteiger partial charge is 0.353 e. The zero-order valence-corrected chi connectivity index (χ0v) is 11.6. The summed E-state index contributed by atoms with van der Waals surface area (Å²) < 4.78 is 2.13. The fourth-order valence-corrected chi connectivity index (χ4v) is 2.02. The molecule has 1 heterocycles. The van der Waals surface area contributed by atoms with E-state index in [0.29, 0.717) is 6.04 Å². The molecule has 0 aliphatic carbocycles. The summed E-state index contributed by atoms with van der Waals surface area (Å²) in [7, 11) is 0. The van der Waals surface area contributed by atoms with Crippen LogP contribution in [0.3, 0.4) is 0 Å². The molecule has 2 aromatic rings. The highest BCUT2D eigenvalue weighted by Gasteiger charge is 2.12. The fourth-order valence-electron chi connectivity index (χ4n) is 1.90. The van der Waals surface area contributed by atoms with E-state index in [2.05, 4.69) is 35.6 Å². The average Bonchev–Trinajstić information content (AvgIpc) is 2.76. The molecule has 0 bridgehead atoms. The van der Waals surface area contributed by atoms with Gasteiger partial charge in [-0.1, -0.05) is 23.7 Å². The third-order valence-electron chi connectivity index (χ3n) is 2.86. The van der Waals surface area contributed by atoms with E-state index in [4.69, 9.17) is 11.6 Å². The van der Waals surface area contributed by atoms with E-state index in [-0.39, 0.29) is 6.04 Å². The minimum atomic E-state index is 0.228. The first kappa shape index (κ1) is 13.0. The summed E-state index contributed by atoms with van der Waals surface area (Å²) >= 11 is 5.91. The van der Waals surface area contributed by atoms with Gasteiger partial charge >= 0.3 is 0 Å². The maximum Gasteiger partial charge on any atom is 0.203 e. The van der Waals surface area contributed by atoms with Gasteiger partial charge in [-0.3, -0.25) is 0 Å². The number of nitrogens with one attached hydrogen (secondary N) is 1. The average molecular weight is 264 g/mol. The zero-order chi connectivity index (χ0) is 13.1. The Morgan fingerprint density at radius 3 is 2.44 bits per heavy atom. The molecule has 0 saturated carbocycles. The van der Waals surface area contributed by atoms with E-state index in [1.54, 1.807) is 0 Å². The van der Waals surface area contributed by atoms with Crippen molar-refractivity contribution < 1.29 is 0 Å². The molecule has 96 valence electrons. The second-order valence-electron chi connectivity index (χ2n) is 4.68. The molecule has 0 aliphatic heterocycles. The van der Waals surface area contributed by atoms with Gasteiger partial charge in [-0.2, -0.15) is 0 Å². The van der Waals surface area contributed by atoms with Crippen LogP contribution in [0.25, 0.3) is 0 Å². The lowest BCUT2D eigenvalue weighted by Gasteiger charge is -2.18. The molecule has 2 rings (SSSR count). The van der Waals surface area contributed by atoms with E-state index in [1.807, 2.05) is 36.7 Å². The highest BCUT2D eigenvalue weighted by Crippen LogP contribution is 2.23. The first-order chi connectivity index (χ1) is 8.58. The Hall–Kier alpha value is -1.48. The molecule has 1 atom stereocenters. The fraction of sp³-hybridized carbons (Fsp3) is 0.357. The molecule has 3 nitrogen and oxygen atoms in total. The van der Waals surface area contributed by atoms with Crippen LogP contribution in [-0.2, 0) is 0 Å². The maximum atomic E-state index is 5.91. The smallest absolute Gasteiger partial charge is 0.203 e. The second kappa shape index (κ2) is 5.44. The van der Waals surface area contributed by atoms with Crippen molar-refractivity contribution in [2.75, 3.05) is 5.32 Å². The molecule has 0 aliphatic rings. The molecule has 0 fully saturated rings.